The molecule has 0 spiro atoms. The summed E-state index contributed by atoms with van der Waals surface area (Å²) in [5.74, 6) is 1.60. The highest BCUT2D eigenvalue weighted by atomic mass is 16.3. The molecule has 1 aliphatic carbocycles. The summed E-state index contributed by atoms with van der Waals surface area (Å²) in [5.41, 5.74) is -0.114. The van der Waals surface area contributed by atoms with E-state index in [1.165, 1.54) is 0 Å². The largest absolute Gasteiger partial charge is 0.394 e. The van der Waals surface area contributed by atoms with Crippen LogP contribution in [-0.4, -0.2) is 32.8 Å². The summed E-state index contributed by atoms with van der Waals surface area (Å²) in [5, 5.41) is 13.3. The van der Waals surface area contributed by atoms with Gasteiger partial charge in [-0.1, -0.05) is 27.7 Å². The molecule has 4 heteroatoms. The van der Waals surface area contributed by atoms with Crippen molar-refractivity contribution in [2.45, 2.75) is 70.5 Å². The predicted molar refractivity (Wildman–Crippen MR) is 77.3 cm³/mol. The zero-order chi connectivity index (χ0) is 14.0. The molecule has 108 valence electrons. The number of aromatic nitrogens is 2. The fraction of sp³-hybridized carbons (Fsp3) is 0.800. The Bertz CT molecular complexity index is 413. The van der Waals surface area contributed by atoms with Crippen LogP contribution < -0.4 is 5.32 Å². The highest BCUT2D eigenvalue weighted by molar-refractivity contribution is 5.05. The molecule has 4 nitrogen and oxygen atoms in total. The van der Waals surface area contributed by atoms with Crippen LogP contribution >= 0.6 is 0 Å². The molecule has 2 N–H and O–H groups in total. The van der Waals surface area contributed by atoms with E-state index in [1.807, 2.05) is 6.20 Å². The average Bonchev–Trinajstić information content (AvgIpc) is 2.94. The van der Waals surface area contributed by atoms with E-state index < -0.39 is 0 Å². The van der Waals surface area contributed by atoms with Gasteiger partial charge >= 0.3 is 0 Å². The third-order valence-electron chi connectivity index (χ3n) is 4.09. The minimum Gasteiger partial charge on any atom is -0.394 e. The molecule has 0 radical (unpaired) electrons. The highest BCUT2D eigenvalue weighted by Gasteiger charge is 2.40. The first-order valence-electron chi connectivity index (χ1n) is 7.39. The Morgan fingerprint density at radius 2 is 2.21 bits per heavy atom. The molecule has 1 aromatic rings. The maximum absolute atomic E-state index is 9.77. The van der Waals surface area contributed by atoms with E-state index in [1.54, 1.807) is 0 Å². The molecule has 0 amide bonds. The third-order valence-corrected chi connectivity index (χ3v) is 4.09. The van der Waals surface area contributed by atoms with Crippen molar-refractivity contribution in [3.63, 3.8) is 0 Å². The fourth-order valence-electron chi connectivity index (χ4n) is 3.35. The van der Waals surface area contributed by atoms with Crippen LogP contribution in [0.2, 0.25) is 0 Å². The van der Waals surface area contributed by atoms with Crippen molar-refractivity contribution < 1.29 is 5.11 Å². The van der Waals surface area contributed by atoms with E-state index in [2.05, 4.69) is 48.8 Å². The van der Waals surface area contributed by atoms with Crippen molar-refractivity contribution >= 4 is 0 Å². The Balaban J connectivity index is 2.14. The molecule has 0 aromatic carbocycles. The Labute approximate surface area is 116 Å². The Morgan fingerprint density at radius 1 is 1.47 bits per heavy atom. The average molecular weight is 265 g/mol. The first-order chi connectivity index (χ1) is 8.97. The van der Waals surface area contributed by atoms with Gasteiger partial charge in [-0.25, -0.2) is 4.98 Å². The van der Waals surface area contributed by atoms with E-state index in [0.717, 1.165) is 25.1 Å². The first kappa shape index (κ1) is 14.5. The van der Waals surface area contributed by atoms with Crippen LogP contribution in [0.4, 0.5) is 0 Å². The summed E-state index contributed by atoms with van der Waals surface area (Å²) >= 11 is 0. The van der Waals surface area contributed by atoms with Gasteiger partial charge in [0.05, 0.1) is 6.61 Å². The zero-order valence-corrected chi connectivity index (χ0v) is 12.6. The van der Waals surface area contributed by atoms with Gasteiger partial charge in [0.1, 0.15) is 5.82 Å². The molecule has 1 saturated carbocycles. The third kappa shape index (κ3) is 3.00. The van der Waals surface area contributed by atoms with Gasteiger partial charge in [0, 0.05) is 35.9 Å². The van der Waals surface area contributed by atoms with Gasteiger partial charge < -0.3 is 15.0 Å². The van der Waals surface area contributed by atoms with Crippen LogP contribution in [0.15, 0.2) is 12.4 Å². The van der Waals surface area contributed by atoms with Crippen molar-refractivity contribution in [3.8, 4) is 0 Å². The monoisotopic (exact) mass is 265 g/mol. The van der Waals surface area contributed by atoms with Crippen LogP contribution in [-0.2, 0) is 0 Å². The van der Waals surface area contributed by atoms with Gasteiger partial charge in [0.15, 0.2) is 0 Å². The van der Waals surface area contributed by atoms with Gasteiger partial charge in [-0.05, 0) is 19.3 Å². The number of hydrogen-bond donors (Lipinski definition) is 2. The zero-order valence-electron chi connectivity index (χ0n) is 12.6. The Morgan fingerprint density at radius 3 is 2.79 bits per heavy atom. The maximum Gasteiger partial charge on any atom is 0.111 e. The Hall–Kier alpha value is -0.870. The van der Waals surface area contributed by atoms with Gasteiger partial charge in [-0.15, -0.1) is 0 Å². The van der Waals surface area contributed by atoms with E-state index in [4.69, 9.17) is 0 Å². The topological polar surface area (TPSA) is 50.1 Å². The number of nitrogens with one attached hydrogen (secondary N) is 1. The molecular weight excluding hydrogens is 238 g/mol. The summed E-state index contributed by atoms with van der Waals surface area (Å²) in [6.45, 7) is 8.86. The quantitative estimate of drug-likeness (QED) is 0.860. The van der Waals surface area contributed by atoms with E-state index in [9.17, 15) is 5.11 Å². The maximum atomic E-state index is 9.77. The molecule has 0 aliphatic heterocycles. The molecule has 19 heavy (non-hydrogen) atoms. The van der Waals surface area contributed by atoms with Crippen LogP contribution in [0.1, 0.15) is 64.7 Å². The molecule has 2 atom stereocenters. The van der Waals surface area contributed by atoms with Crippen molar-refractivity contribution in [2.24, 2.45) is 0 Å². The standard InChI is InChI=1S/C15H27N3O/c1-11(2)14-16-7-8-18(14)13-5-6-15(9-13,10-19)17-12(3)4/h7-8,11-13,17,19H,5-6,9-10H2,1-4H3. The minimum absolute atomic E-state index is 0.114. The highest BCUT2D eigenvalue weighted by Crippen LogP contribution is 2.39. The number of imidazole rings is 1. The number of rotatable bonds is 5. The van der Waals surface area contributed by atoms with E-state index >= 15 is 0 Å². The SMILES string of the molecule is CC(C)NC1(CO)CCC(n2ccnc2C(C)C)C1. The van der Waals surface area contributed by atoms with Gasteiger partial charge in [-0.2, -0.15) is 0 Å². The van der Waals surface area contributed by atoms with Crippen LogP contribution in [0.25, 0.3) is 0 Å². The normalized spacial score (nSPS) is 27.6. The van der Waals surface area contributed by atoms with Crippen molar-refractivity contribution in [2.75, 3.05) is 6.61 Å². The van der Waals surface area contributed by atoms with Crippen LogP contribution in [0, 0.1) is 0 Å². The summed E-state index contributed by atoms with van der Waals surface area (Å²) in [7, 11) is 0. The summed E-state index contributed by atoms with van der Waals surface area (Å²) < 4.78 is 2.31. The molecule has 2 unspecified atom stereocenters. The van der Waals surface area contributed by atoms with Crippen molar-refractivity contribution in [3.05, 3.63) is 18.2 Å². The Kier molecular flexibility index (Phi) is 4.31. The fourth-order valence-corrected chi connectivity index (χ4v) is 3.35. The number of hydrogen-bond acceptors (Lipinski definition) is 3. The van der Waals surface area contributed by atoms with Crippen LogP contribution in [0.3, 0.4) is 0 Å². The van der Waals surface area contributed by atoms with Crippen LogP contribution in [0.5, 0.6) is 0 Å². The number of nitrogens with zero attached hydrogens (tertiary/aromatic N) is 2. The summed E-state index contributed by atoms with van der Waals surface area (Å²) in [6.07, 6.45) is 7.10. The van der Waals surface area contributed by atoms with Gasteiger partial charge in [0.25, 0.3) is 0 Å². The lowest BCUT2D eigenvalue weighted by atomic mass is 9.97. The molecule has 0 saturated heterocycles. The molecule has 2 rings (SSSR count). The predicted octanol–water partition coefficient (Wildman–Crippen LogP) is 2.46. The van der Waals surface area contributed by atoms with Gasteiger partial charge in [-0.3, -0.25) is 0 Å². The molecular formula is C15H27N3O. The molecule has 1 heterocycles. The summed E-state index contributed by atoms with van der Waals surface area (Å²) in [4.78, 5) is 4.47. The second-order valence-electron chi connectivity index (χ2n) is 6.48. The lowest BCUT2D eigenvalue weighted by Crippen LogP contribution is -2.49. The smallest absolute Gasteiger partial charge is 0.111 e. The molecule has 1 aliphatic rings. The number of aliphatic hydroxyl groups is 1. The van der Waals surface area contributed by atoms with Crippen molar-refractivity contribution in [1.82, 2.24) is 14.9 Å². The second-order valence-corrected chi connectivity index (χ2v) is 6.48. The van der Waals surface area contributed by atoms with Crippen molar-refractivity contribution in [1.29, 1.82) is 0 Å². The summed E-state index contributed by atoms with van der Waals surface area (Å²) in [6, 6.07) is 0.858. The molecule has 1 fully saturated rings. The minimum atomic E-state index is -0.114. The lowest BCUT2D eigenvalue weighted by molar-refractivity contribution is 0.151. The molecule has 0 bridgehead atoms. The molecule has 1 aromatic heterocycles. The van der Waals surface area contributed by atoms with E-state index in [0.29, 0.717) is 18.0 Å². The number of aliphatic hydroxyl groups excluding tert-OH is 1. The first-order valence-corrected chi connectivity index (χ1v) is 7.39. The lowest BCUT2D eigenvalue weighted by Gasteiger charge is -2.31. The second kappa shape index (κ2) is 5.63. The van der Waals surface area contributed by atoms with E-state index in [-0.39, 0.29) is 12.1 Å². The van der Waals surface area contributed by atoms with Gasteiger partial charge in [0.2, 0.25) is 0 Å².